The van der Waals surface area contributed by atoms with Gasteiger partial charge < -0.3 is 0 Å². The summed E-state index contributed by atoms with van der Waals surface area (Å²) in [6, 6.07) is 2.69. The second kappa shape index (κ2) is 5.02. The van der Waals surface area contributed by atoms with Crippen molar-refractivity contribution in [3.63, 3.8) is 0 Å². The fraction of sp³-hybridized carbons (Fsp3) is 0. The molecule has 0 bridgehead atoms. The normalized spacial score (nSPS) is 11.7. The van der Waals surface area contributed by atoms with Gasteiger partial charge in [-0.3, -0.25) is 4.72 Å². The number of anilines is 1. The molecule has 3 nitrogen and oxygen atoms in total. The van der Waals surface area contributed by atoms with Crippen molar-refractivity contribution < 1.29 is 30.4 Å². The van der Waals surface area contributed by atoms with E-state index >= 15 is 0 Å². The van der Waals surface area contributed by atoms with Gasteiger partial charge in [-0.25, -0.2) is 30.4 Å². The molecule has 10 heteroatoms. The molecule has 0 aliphatic rings. The summed E-state index contributed by atoms with van der Waals surface area (Å²) < 4.78 is 90.7. The number of thiophene rings is 1. The van der Waals surface area contributed by atoms with E-state index in [1.165, 1.54) is 17.5 Å². The first-order valence-corrected chi connectivity index (χ1v) is 7.19. The summed E-state index contributed by atoms with van der Waals surface area (Å²) in [4.78, 5) is -1.91. The van der Waals surface area contributed by atoms with Crippen LogP contribution in [0.3, 0.4) is 0 Å². The molecule has 1 aromatic heterocycles. The number of hydrogen-bond donors (Lipinski definition) is 1. The molecule has 0 aliphatic heterocycles. The smallest absolute Gasteiger partial charge is 0.268 e. The lowest BCUT2D eigenvalue weighted by Crippen LogP contribution is -2.19. The van der Waals surface area contributed by atoms with Crippen LogP contribution in [0.1, 0.15) is 0 Å². The fourth-order valence-electron chi connectivity index (χ4n) is 1.34. The van der Waals surface area contributed by atoms with Gasteiger partial charge in [0.25, 0.3) is 10.0 Å². The first kappa shape index (κ1) is 14.7. The second-order valence-electron chi connectivity index (χ2n) is 3.48. The van der Waals surface area contributed by atoms with Gasteiger partial charge in [0.05, 0.1) is 0 Å². The van der Waals surface area contributed by atoms with E-state index in [0.717, 1.165) is 11.3 Å². The van der Waals surface area contributed by atoms with E-state index in [1.54, 1.807) is 4.72 Å². The van der Waals surface area contributed by atoms with Gasteiger partial charge in [-0.1, -0.05) is 0 Å². The molecular formula is C10H4F5NO2S2. The first-order valence-electron chi connectivity index (χ1n) is 4.83. The largest absolute Gasteiger partial charge is 0.270 e. The molecule has 2 rings (SSSR count). The Hall–Kier alpha value is -1.68. The summed E-state index contributed by atoms with van der Waals surface area (Å²) in [5.41, 5.74) is 0. The average molecular weight is 329 g/mol. The van der Waals surface area contributed by atoms with Crippen LogP contribution in [0.5, 0.6) is 0 Å². The van der Waals surface area contributed by atoms with Gasteiger partial charge in [-0.15, -0.1) is 11.3 Å². The summed E-state index contributed by atoms with van der Waals surface area (Å²) in [6.07, 6.45) is 0. The predicted molar refractivity (Wildman–Crippen MR) is 61.4 cm³/mol. The van der Waals surface area contributed by atoms with Crippen molar-refractivity contribution in [3.8, 4) is 0 Å². The molecule has 0 amide bonds. The molecular weight excluding hydrogens is 325 g/mol. The minimum atomic E-state index is -4.94. The molecule has 0 aliphatic carbocycles. The van der Waals surface area contributed by atoms with Crippen LogP contribution in [0, 0.1) is 29.1 Å². The van der Waals surface area contributed by atoms with Gasteiger partial charge in [-0.2, -0.15) is 0 Å². The van der Waals surface area contributed by atoms with Crippen molar-refractivity contribution in [2.75, 3.05) is 4.72 Å². The third-order valence-corrected chi connectivity index (χ3v) is 4.49. The minimum absolute atomic E-state index is 0.0334. The zero-order valence-electron chi connectivity index (χ0n) is 9.25. The number of halogens is 5. The van der Waals surface area contributed by atoms with E-state index in [-0.39, 0.29) is 5.00 Å². The monoisotopic (exact) mass is 329 g/mol. The standard InChI is InChI=1S/C10H4F5NO2S2/c11-5-6(12)8(14)10(9(15)7(5)13)20(17,18)16-4-2-1-3-19-4/h1-3,16H. The highest BCUT2D eigenvalue weighted by Crippen LogP contribution is 2.29. The van der Waals surface area contributed by atoms with Crippen molar-refractivity contribution in [2.45, 2.75) is 4.90 Å². The molecule has 20 heavy (non-hydrogen) atoms. The lowest BCUT2D eigenvalue weighted by Gasteiger charge is -2.09. The number of hydrogen-bond acceptors (Lipinski definition) is 3. The molecule has 0 radical (unpaired) electrons. The molecule has 0 atom stereocenters. The molecule has 0 saturated carbocycles. The molecule has 1 N–H and O–H groups in total. The van der Waals surface area contributed by atoms with E-state index in [1.807, 2.05) is 0 Å². The SMILES string of the molecule is O=S(=O)(Nc1cccs1)c1c(F)c(F)c(F)c(F)c1F. The van der Waals surface area contributed by atoms with Crippen molar-refractivity contribution in [2.24, 2.45) is 0 Å². The number of sulfonamides is 1. The Balaban J connectivity index is 2.63. The topological polar surface area (TPSA) is 46.2 Å². The Morgan fingerprint density at radius 2 is 1.40 bits per heavy atom. The van der Waals surface area contributed by atoms with Crippen LogP contribution >= 0.6 is 11.3 Å². The quantitative estimate of drug-likeness (QED) is 0.534. The Bertz CT molecular complexity index is 729. The summed E-state index contributed by atoms with van der Waals surface area (Å²) in [7, 11) is -4.94. The van der Waals surface area contributed by atoms with Crippen LogP contribution in [0.2, 0.25) is 0 Å². The zero-order chi connectivity index (χ0) is 15.1. The molecule has 0 saturated heterocycles. The lowest BCUT2D eigenvalue weighted by molar-refractivity contribution is 0.358. The van der Waals surface area contributed by atoms with Gasteiger partial charge in [0.1, 0.15) is 5.00 Å². The van der Waals surface area contributed by atoms with Crippen LogP contribution < -0.4 is 4.72 Å². The van der Waals surface area contributed by atoms with Gasteiger partial charge in [0, 0.05) is 0 Å². The van der Waals surface area contributed by atoms with Crippen LogP contribution in [0.25, 0.3) is 0 Å². The third-order valence-electron chi connectivity index (χ3n) is 2.19. The molecule has 1 heterocycles. The van der Waals surface area contributed by atoms with Crippen LogP contribution in [-0.2, 0) is 10.0 Å². The van der Waals surface area contributed by atoms with Crippen LogP contribution in [0.4, 0.5) is 27.0 Å². The van der Waals surface area contributed by atoms with E-state index < -0.39 is 44.0 Å². The van der Waals surface area contributed by atoms with E-state index in [4.69, 9.17) is 0 Å². The number of nitrogens with one attached hydrogen (secondary N) is 1. The van der Waals surface area contributed by atoms with E-state index in [0.29, 0.717) is 0 Å². The fourth-order valence-corrected chi connectivity index (χ4v) is 3.41. The first-order chi connectivity index (χ1) is 9.25. The number of rotatable bonds is 3. The number of benzene rings is 1. The predicted octanol–water partition coefficient (Wildman–Crippen LogP) is 3.24. The highest BCUT2D eigenvalue weighted by molar-refractivity contribution is 7.93. The molecule has 0 unspecified atom stereocenters. The second-order valence-corrected chi connectivity index (χ2v) is 6.05. The van der Waals surface area contributed by atoms with Gasteiger partial charge in [0.15, 0.2) is 28.2 Å². The Morgan fingerprint density at radius 1 is 0.900 bits per heavy atom. The average Bonchev–Trinajstić information content (AvgIpc) is 2.86. The minimum Gasteiger partial charge on any atom is -0.270 e. The van der Waals surface area contributed by atoms with Crippen molar-refractivity contribution in [3.05, 3.63) is 46.6 Å². The summed E-state index contributed by atoms with van der Waals surface area (Å²) >= 11 is 0.871. The van der Waals surface area contributed by atoms with Gasteiger partial charge >= 0.3 is 0 Å². The Kier molecular flexibility index (Phi) is 3.69. The van der Waals surface area contributed by atoms with E-state index in [2.05, 4.69) is 0 Å². The van der Waals surface area contributed by atoms with Crippen LogP contribution in [0.15, 0.2) is 22.4 Å². The molecule has 0 spiro atoms. The maximum absolute atomic E-state index is 13.4. The van der Waals surface area contributed by atoms with Gasteiger partial charge in [-0.05, 0) is 17.5 Å². The summed E-state index contributed by atoms with van der Waals surface area (Å²) in [6.45, 7) is 0. The molecule has 0 fully saturated rings. The molecule has 1 aromatic carbocycles. The van der Waals surface area contributed by atoms with Crippen molar-refractivity contribution >= 4 is 26.4 Å². The Labute approximate surface area is 113 Å². The molecule has 2 aromatic rings. The Morgan fingerprint density at radius 3 is 1.85 bits per heavy atom. The maximum atomic E-state index is 13.4. The summed E-state index contributed by atoms with van der Waals surface area (Å²) in [5.74, 6) is -11.9. The summed E-state index contributed by atoms with van der Waals surface area (Å²) in [5, 5.41) is 1.42. The lowest BCUT2D eigenvalue weighted by atomic mass is 10.3. The zero-order valence-corrected chi connectivity index (χ0v) is 10.9. The van der Waals surface area contributed by atoms with Gasteiger partial charge in [0.2, 0.25) is 5.82 Å². The van der Waals surface area contributed by atoms with Crippen molar-refractivity contribution in [1.29, 1.82) is 0 Å². The molecule has 108 valence electrons. The van der Waals surface area contributed by atoms with Crippen molar-refractivity contribution in [1.82, 2.24) is 0 Å². The maximum Gasteiger partial charge on any atom is 0.268 e. The van der Waals surface area contributed by atoms with E-state index in [9.17, 15) is 30.4 Å². The third kappa shape index (κ3) is 2.36. The highest BCUT2D eigenvalue weighted by Gasteiger charge is 2.33. The van der Waals surface area contributed by atoms with Crippen LogP contribution in [-0.4, -0.2) is 8.42 Å². The highest BCUT2D eigenvalue weighted by atomic mass is 32.2.